The summed E-state index contributed by atoms with van der Waals surface area (Å²) in [6.07, 6.45) is 0.898. The second kappa shape index (κ2) is 5.90. The van der Waals surface area contributed by atoms with Gasteiger partial charge in [-0.2, -0.15) is 0 Å². The molecular weight excluding hydrogens is 186 g/mol. The van der Waals surface area contributed by atoms with Gasteiger partial charge in [0, 0.05) is 12.0 Å². The zero-order valence-electron chi connectivity index (χ0n) is 8.28. The van der Waals surface area contributed by atoms with Gasteiger partial charge in [0.1, 0.15) is 0 Å². The first-order valence-corrected chi connectivity index (χ1v) is 4.18. The Hall–Kier alpha value is -1.65. The maximum absolute atomic E-state index is 11.1. The molecule has 0 aliphatic rings. The quantitative estimate of drug-likeness (QED) is 0.382. The monoisotopic (exact) mass is 199 g/mol. The molecule has 0 atom stereocenters. The van der Waals surface area contributed by atoms with Crippen molar-refractivity contribution in [2.24, 2.45) is 0 Å². The van der Waals surface area contributed by atoms with Crippen molar-refractivity contribution in [3.63, 3.8) is 0 Å². The lowest BCUT2D eigenvalue weighted by Gasteiger charge is -2.13. The van der Waals surface area contributed by atoms with Crippen molar-refractivity contribution >= 4 is 18.3 Å². The van der Waals surface area contributed by atoms with E-state index in [0.29, 0.717) is 11.5 Å². The number of amides is 2. The SMILES string of the molecule is C=C(C)C(=O)ON(C=O)C(=O)CCC. The van der Waals surface area contributed by atoms with Crippen molar-refractivity contribution in [3.05, 3.63) is 12.2 Å². The van der Waals surface area contributed by atoms with Crippen LogP contribution in [-0.4, -0.2) is 23.3 Å². The van der Waals surface area contributed by atoms with Gasteiger partial charge < -0.3 is 4.84 Å². The van der Waals surface area contributed by atoms with Crippen LogP contribution in [0.1, 0.15) is 26.7 Å². The molecular formula is C9H13NO4. The molecule has 78 valence electrons. The number of hydroxylamine groups is 2. The lowest BCUT2D eigenvalue weighted by molar-refractivity contribution is -0.193. The molecule has 0 aromatic rings. The van der Waals surface area contributed by atoms with Crippen LogP contribution in [0.3, 0.4) is 0 Å². The van der Waals surface area contributed by atoms with E-state index in [1.165, 1.54) is 6.92 Å². The molecule has 0 spiro atoms. The van der Waals surface area contributed by atoms with Crippen molar-refractivity contribution < 1.29 is 19.2 Å². The third-order valence-electron chi connectivity index (χ3n) is 1.34. The van der Waals surface area contributed by atoms with E-state index in [-0.39, 0.29) is 18.4 Å². The zero-order valence-corrected chi connectivity index (χ0v) is 8.28. The van der Waals surface area contributed by atoms with Crippen LogP contribution in [0.25, 0.3) is 0 Å². The summed E-state index contributed by atoms with van der Waals surface area (Å²) >= 11 is 0. The molecule has 0 aliphatic heterocycles. The Labute approximate surface area is 82.3 Å². The summed E-state index contributed by atoms with van der Waals surface area (Å²) in [7, 11) is 0. The number of nitrogens with zero attached hydrogens (tertiary/aromatic N) is 1. The molecule has 0 unspecified atom stereocenters. The summed E-state index contributed by atoms with van der Waals surface area (Å²) in [5.74, 6) is -1.33. The molecule has 5 heteroatoms. The van der Waals surface area contributed by atoms with Crippen LogP contribution in [-0.2, 0) is 19.2 Å². The maximum Gasteiger partial charge on any atom is 0.359 e. The predicted molar refractivity (Wildman–Crippen MR) is 48.7 cm³/mol. The fourth-order valence-corrected chi connectivity index (χ4v) is 0.623. The largest absolute Gasteiger partial charge is 0.359 e. The van der Waals surface area contributed by atoms with E-state index in [4.69, 9.17) is 0 Å². The van der Waals surface area contributed by atoms with Gasteiger partial charge >= 0.3 is 5.97 Å². The Kier molecular flexibility index (Phi) is 5.21. The summed E-state index contributed by atoms with van der Waals surface area (Å²) in [5.41, 5.74) is 0.126. The van der Waals surface area contributed by atoms with Crippen LogP contribution in [0.2, 0.25) is 0 Å². The highest BCUT2D eigenvalue weighted by Gasteiger charge is 2.17. The average Bonchev–Trinajstić information content (AvgIpc) is 2.13. The van der Waals surface area contributed by atoms with E-state index in [0.717, 1.165) is 0 Å². The van der Waals surface area contributed by atoms with E-state index in [1.807, 2.05) is 0 Å². The zero-order chi connectivity index (χ0) is 11.1. The third-order valence-corrected chi connectivity index (χ3v) is 1.34. The van der Waals surface area contributed by atoms with Gasteiger partial charge in [0.25, 0.3) is 12.3 Å². The molecule has 14 heavy (non-hydrogen) atoms. The highest BCUT2D eigenvalue weighted by Crippen LogP contribution is 2.00. The van der Waals surface area contributed by atoms with E-state index < -0.39 is 11.9 Å². The van der Waals surface area contributed by atoms with E-state index in [9.17, 15) is 14.4 Å². The lowest BCUT2D eigenvalue weighted by Crippen LogP contribution is -2.32. The van der Waals surface area contributed by atoms with Crippen LogP contribution >= 0.6 is 0 Å². The van der Waals surface area contributed by atoms with Crippen LogP contribution in [0, 0.1) is 0 Å². The molecule has 0 bridgehead atoms. The van der Waals surface area contributed by atoms with Gasteiger partial charge in [-0.05, 0) is 13.3 Å². The van der Waals surface area contributed by atoms with Crippen molar-refractivity contribution in [1.29, 1.82) is 0 Å². The average molecular weight is 199 g/mol. The Bertz CT molecular complexity index is 260. The molecule has 0 radical (unpaired) electrons. The second-order valence-corrected chi connectivity index (χ2v) is 2.73. The lowest BCUT2D eigenvalue weighted by atomic mass is 10.3. The van der Waals surface area contributed by atoms with Crippen LogP contribution in [0.4, 0.5) is 0 Å². The minimum Gasteiger partial charge on any atom is -0.326 e. The Balaban J connectivity index is 4.29. The summed E-state index contributed by atoms with van der Waals surface area (Å²) in [6, 6.07) is 0. The topological polar surface area (TPSA) is 63.7 Å². The first-order chi connectivity index (χ1) is 6.52. The molecule has 0 rings (SSSR count). The first kappa shape index (κ1) is 12.3. The summed E-state index contributed by atoms with van der Waals surface area (Å²) in [6.45, 7) is 6.52. The third kappa shape index (κ3) is 3.84. The van der Waals surface area contributed by atoms with Crippen molar-refractivity contribution in [3.8, 4) is 0 Å². The van der Waals surface area contributed by atoms with Gasteiger partial charge in [0.2, 0.25) is 0 Å². The van der Waals surface area contributed by atoms with Crippen molar-refractivity contribution in [2.45, 2.75) is 26.7 Å². The van der Waals surface area contributed by atoms with Gasteiger partial charge in [-0.15, -0.1) is 5.06 Å². The molecule has 5 nitrogen and oxygen atoms in total. The van der Waals surface area contributed by atoms with Crippen LogP contribution in [0.5, 0.6) is 0 Å². The number of carbonyl (C=O) groups excluding carboxylic acids is 3. The Morgan fingerprint density at radius 1 is 1.50 bits per heavy atom. The standard InChI is InChI=1S/C9H13NO4/c1-4-5-8(12)10(6-11)14-9(13)7(2)3/h6H,2,4-5H2,1,3H3. The molecule has 0 aromatic carbocycles. The molecule has 0 aromatic heterocycles. The summed E-state index contributed by atoms with van der Waals surface area (Å²) in [4.78, 5) is 36.9. The molecule has 0 aliphatic carbocycles. The highest BCUT2D eigenvalue weighted by atomic mass is 16.7. The fourth-order valence-electron chi connectivity index (χ4n) is 0.623. The van der Waals surface area contributed by atoms with Gasteiger partial charge in [0.15, 0.2) is 0 Å². The predicted octanol–water partition coefficient (Wildman–Crippen LogP) is 0.806. The number of carbonyl (C=O) groups is 3. The minimum absolute atomic E-state index is 0.126. The molecule has 0 saturated carbocycles. The fraction of sp³-hybridized carbons (Fsp3) is 0.444. The van der Waals surface area contributed by atoms with Crippen LogP contribution in [0.15, 0.2) is 12.2 Å². The molecule has 0 N–H and O–H groups in total. The molecule has 0 saturated heterocycles. The molecule has 0 fully saturated rings. The highest BCUT2D eigenvalue weighted by molar-refractivity contribution is 5.91. The number of hydrogen-bond acceptors (Lipinski definition) is 4. The minimum atomic E-state index is -0.790. The maximum atomic E-state index is 11.1. The van der Waals surface area contributed by atoms with E-state index in [2.05, 4.69) is 11.4 Å². The number of rotatable bonds is 4. The smallest absolute Gasteiger partial charge is 0.326 e. The van der Waals surface area contributed by atoms with Crippen LogP contribution < -0.4 is 0 Å². The molecule has 2 amide bonds. The summed E-state index contributed by atoms with van der Waals surface area (Å²) < 4.78 is 0. The van der Waals surface area contributed by atoms with Gasteiger partial charge in [-0.1, -0.05) is 13.5 Å². The first-order valence-electron chi connectivity index (χ1n) is 4.18. The van der Waals surface area contributed by atoms with E-state index >= 15 is 0 Å². The number of imide groups is 1. The Morgan fingerprint density at radius 3 is 2.43 bits per heavy atom. The van der Waals surface area contributed by atoms with Crippen molar-refractivity contribution in [2.75, 3.05) is 0 Å². The van der Waals surface area contributed by atoms with Gasteiger partial charge in [0.05, 0.1) is 0 Å². The van der Waals surface area contributed by atoms with Gasteiger partial charge in [-0.25, -0.2) is 4.79 Å². The normalized spacial score (nSPS) is 9.00. The number of hydrogen-bond donors (Lipinski definition) is 0. The Morgan fingerprint density at radius 2 is 2.07 bits per heavy atom. The van der Waals surface area contributed by atoms with Crippen molar-refractivity contribution in [1.82, 2.24) is 5.06 Å². The summed E-state index contributed by atoms with van der Waals surface area (Å²) in [5, 5.41) is 0.389. The molecule has 0 heterocycles. The van der Waals surface area contributed by atoms with E-state index in [1.54, 1.807) is 6.92 Å². The van der Waals surface area contributed by atoms with Gasteiger partial charge in [-0.3, -0.25) is 9.59 Å². The second-order valence-electron chi connectivity index (χ2n) is 2.73.